The number of likely N-dealkylation sites (N-methyl/N-ethyl adjacent to an activating group) is 1. The molecule has 5 rings (SSSR count). The Morgan fingerprint density at radius 1 is 1.05 bits per heavy atom. The molecular formula is C34H30FN5O4. The third-order valence-electron chi connectivity index (χ3n) is 7.30. The van der Waals surface area contributed by atoms with Crippen molar-refractivity contribution in [1.29, 1.82) is 5.26 Å². The van der Waals surface area contributed by atoms with E-state index in [-0.39, 0.29) is 30.4 Å². The van der Waals surface area contributed by atoms with E-state index in [9.17, 15) is 14.0 Å². The van der Waals surface area contributed by atoms with Crippen molar-refractivity contribution in [3.63, 3.8) is 0 Å². The van der Waals surface area contributed by atoms with Crippen LogP contribution >= 0.6 is 0 Å². The summed E-state index contributed by atoms with van der Waals surface area (Å²) >= 11 is 0. The van der Waals surface area contributed by atoms with Crippen molar-refractivity contribution >= 4 is 22.7 Å². The van der Waals surface area contributed by atoms with Crippen LogP contribution in [0.25, 0.3) is 22.3 Å². The van der Waals surface area contributed by atoms with Gasteiger partial charge in [-0.1, -0.05) is 36.4 Å². The van der Waals surface area contributed by atoms with Gasteiger partial charge in [-0.15, -0.1) is 0 Å². The number of rotatable bonds is 11. The average molecular weight is 592 g/mol. The fourth-order valence-electron chi connectivity index (χ4n) is 4.84. The zero-order valence-corrected chi connectivity index (χ0v) is 24.5. The summed E-state index contributed by atoms with van der Waals surface area (Å²) in [6.45, 7) is 1.72. The van der Waals surface area contributed by atoms with E-state index in [0.29, 0.717) is 29.1 Å². The van der Waals surface area contributed by atoms with Crippen LogP contribution in [0.15, 0.2) is 78.9 Å². The molecule has 0 saturated heterocycles. The van der Waals surface area contributed by atoms with Crippen LogP contribution in [-0.4, -0.2) is 46.5 Å². The smallest absolute Gasteiger partial charge is 0.250 e. The fraction of sp³-hybridized carbons (Fsp3) is 0.206. The van der Waals surface area contributed by atoms with Crippen LogP contribution in [0.4, 0.5) is 4.39 Å². The largest absolute Gasteiger partial charge is 0.473 e. The van der Waals surface area contributed by atoms with Crippen LogP contribution in [0.2, 0.25) is 0 Å². The summed E-state index contributed by atoms with van der Waals surface area (Å²) in [6, 6.07) is 24.8. The van der Waals surface area contributed by atoms with E-state index in [2.05, 4.69) is 10.3 Å². The van der Waals surface area contributed by atoms with Crippen molar-refractivity contribution in [2.24, 2.45) is 0 Å². The molecule has 9 nitrogen and oxygen atoms in total. The van der Waals surface area contributed by atoms with Crippen LogP contribution in [0, 0.1) is 17.1 Å². The maximum Gasteiger partial charge on any atom is 0.250 e. The van der Waals surface area contributed by atoms with Crippen LogP contribution in [-0.2, 0) is 29.1 Å². The molecule has 0 fully saturated rings. The molecule has 2 aromatic heterocycles. The number of methoxy groups -OCH3 is 1. The van der Waals surface area contributed by atoms with Crippen LogP contribution < -0.4 is 10.1 Å². The van der Waals surface area contributed by atoms with E-state index < -0.39 is 11.9 Å². The summed E-state index contributed by atoms with van der Waals surface area (Å²) in [7, 11) is 3.04. The third kappa shape index (κ3) is 6.64. The standard InChI is InChI=1S/C34H30FN5O4/c1-21(41)25-13-14-29-30(17-25)40(19-31(43-3)34(42)37-2)32(38-29)16-22-7-10-24(11-8-22)28-5-4-6-33(39-28)44-20-26-12-9-23(18-36)15-27(26)35/h4-15,17,31H,16,19-20H2,1-3H3,(H,37,42)/t31-/m0/s1. The van der Waals surface area contributed by atoms with Crippen molar-refractivity contribution in [2.45, 2.75) is 32.6 Å². The highest BCUT2D eigenvalue weighted by atomic mass is 19.1. The molecular weight excluding hydrogens is 561 g/mol. The first-order valence-corrected chi connectivity index (χ1v) is 13.9. The summed E-state index contributed by atoms with van der Waals surface area (Å²) in [5.41, 5.74) is 5.13. The lowest BCUT2D eigenvalue weighted by Gasteiger charge is -2.17. The van der Waals surface area contributed by atoms with E-state index in [4.69, 9.17) is 19.7 Å². The molecule has 10 heteroatoms. The minimum absolute atomic E-state index is 0.0221. The van der Waals surface area contributed by atoms with Crippen molar-refractivity contribution in [1.82, 2.24) is 19.9 Å². The molecule has 5 aromatic rings. The number of amides is 1. The predicted molar refractivity (Wildman–Crippen MR) is 163 cm³/mol. The molecule has 222 valence electrons. The number of hydrogen-bond donors (Lipinski definition) is 1. The summed E-state index contributed by atoms with van der Waals surface area (Å²) in [6.07, 6.45) is -0.269. The maximum atomic E-state index is 14.3. The Morgan fingerprint density at radius 2 is 1.84 bits per heavy atom. The highest BCUT2D eigenvalue weighted by Gasteiger charge is 2.21. The second-order valence-corrected chi connectivity index (χ2v) is 10.2. The number of nitriles is 1. The number of imidazole rings is 1. The zero-order chi connectivity index (χ0) is 31.2. The molecule has 0 bridgehead atoms. The quantitative estimate of drug-likeness (QED) is 0.209. The molecule has 1 atom stereocenters. The minimum Gasteiger partial charge on any atom is -0.473 e. The zero-order valence-electron chi connectivity index (χ0n) is 24.5. The van der Waals surface area contributed by atoms with E-state index in [1.165, 1.54) is 26.2 Å². The van der Waals surface area contributed by atoms with Gasteiger partial charge in [0.2, 0.25) is 5.88 Å². The Balaban J connectivity index is 1.36. The van der Waals surface area contributed by atoms with E-state index in [1.54, 1.807) is 31.3 Å². The first kappa shape index (κ1) is 30.1. The number of carbonyl (C=O) groups is 2. The Hall–Kier alpha value is -5.40. The topological polar surface area (TPSA) is 119 Å². The molecule has 44 heavy (non-hydrogen) atoms. The third-order valence-corrected chi connectivity index (χ3v) is 7.30. The maximum absolute atomic E-state index is 14.3. The van der Waals surface area contributed by atoms with Gasteiger partial charge in [-0.3, -0.25) is 9.59 Å². The number of carbonyl (C=O) groups excluding carboxylic acids is 2. The van der Waals surface area contributed by atoms with Crippen molar-refractivity contribution in [3.8, 4) is 23.2 Å². The second kappa shape index (κ2) is 13.3. The molecule has 0 spiro atoms. The number of benzene rings is 3. The summed E-state index contributed by atoms with van der Waals surface area (Å²) in [5, 5.41) is 11.6. The lowest BCUT2D eigenvalue weighted by Crippen LogP contribution is -2.36. The van der Waals surface area contributed by atoms with Gasteiger partial charge in [-0.2, -0.15) is 5.26 Å². The number of fused-ring (bicyclic) bond motifs is 1. The highest BCUT2D eigenvalue weighted by Crippen LogP contribution is 2.25. The summed E-state index contributed by atoms with van der Waals surface area (Å²) < 4.78 is 27.4. The summed E-state index contributed by atoms with van der Waals surface area (Å²) in [4.78, 5) is 33.9. The van der Waals surface area contributed by atoms with Gasteiger partial charge in [0.1, 0.15) is 18.2 Å². The number of hydrogen-bond acceptors (Lipinski definition) is 7. The van der Waals surface area contributed by atoms with Gasteiger partial charge < -0.3 is 19.4 Å². The van der Waals surface area contributed by atoms with Crippen molar-refractivity contribution in [2.75, 3.05) is 14.2 Å². The number of ether oxygens (including phenoxy) is 2. The van der Waals surface area contributed by atoms with Crippen molar-refractivity contribution < 1.29 is 23.5 Å². The first-order chi connectivity index (χ1) is 21.3. The molecule has 1 amide bonds. The van der Waals surface area contributed by atoms with E-state index in [0.717, 1.165) is 28.0 Å². The lowest BCUT2D eigenvalue weighted by atomic mass is 10.1. The second-order valence-electron chi connectivity index (χ2n) is 10.2. The van der Waals surface area contributed by atoms with E-state index in [1.807, 2.05) is 53.1 Å². The minimum atomic E-state index is -0.742. The molecule has 3 aromatic carbocycles. The SMILES string of the molecule is CNC(=O)[C@H](Cn1c(Cc2ccc(-c3cccc(OCc4ccc(C#N)cc4F)n3)cc2)nc2ccc(C(C)=O)cc21)OC. The van der Waals surface area contributed by atoms with Gasteiger partial charge in [0.15, 0.2) is 11.9 Å². The molecule has 0 aliphatic heterocycles. The molecule has 0 saturated carbocycles. The average Bonchev–Trinajstić information content (AvgIpc) is 3.38. The summed E-state index contributed by atoms with van der Waals surface area (Å²) in [5.74, 6) is 0.250. The number of halogens is 1. The number of Topliss-reactive ketones (excluding diaryl/α,β-unsaturated/α-hetero) is 1. The first-order valence-electron chi connectivity index (χ1n) is 13.9. The van der Waals surface area contributed by atoms with Gasteiger partial charge in [0, 0.05) is 43.3 Å². The van der Waals surface area contributed by atoms with Crippen LogP contribution in [0.1, 0.15) is 39.8 Å². The monoisotopic (exact) mass is 591 g/mol. The Bertz CT molecular complexity index is 1880. The number of aromatic nitrogens is 3. The molecule has 0 unspecified atom stereocenters. The lowest BCUT2D eigenvalue weighted by molar-refractivity contribution is -0.131. The fourth-order valence-corrected chi connectivity index (χ4v) is 4.84. The Kier molecular flexibility index (Phi) is 9.07. The molecule has 0 radical (unpaired) electrons. The molecule has 1 N–H and O–H groups in total. The van der Waals surface area contributed by atoms with Crippen molar-refractivity contribution in [3.05, 3.63) is 113 Å². The van der Waals surface area contributed by atoms with Gasteiger partial charge >= 0.3 is 0 Å². The Labute approximate surface area is 253 Å². The van der Waals surface area contributed by atoms with E-state index >= 15 is 0 Å². The molecule has 0 aliphatic carbocycles. The number of ketones is 1. The van der Waals surface area contributed by atoms with Gasteiger partial charge in [-0.05, 0) is 48.9 Å². The van der Waals surface area contributed by atoms with Gasteiger partial charge in [-0.25, -0.2) is 14.4 Å². The highest BCUT2D eigenvalue weighted by molar-refractivity contribution is 5.97. The van der Waals surface area contributed by atoms with Gasteiger partial charge in [0.25, 0.3) is 5.91 Å². The predicted octanol–water partition coefficient (Wildman–Crippen LogP) is 5.24. The van der Waals surface area contributed by atoms with Crippen LogP contribution in [0.3, 0.4) is 0 Å². The number of pyridine rings is 1. The Morgan fingerprint density at radius 3 is 2.52 bits per heavy atom. The number of nitrogens with one attached hydrogen (secondary N) is 1. The molecule has 2 heterocycles. The van der Waals surface area contributed by atoms with Gasteiger partial charge in [0.05, 0.1) is 34.9 Å². The molecule has 0 aliphatic rings. The normalized spacial score (nSPS) is 11.6. The van der Waals surface area contributed by atoms with Crippen LogP contribution in [0.5, 0.6) is 5.88 Å². The number of nitrogens with zero attached hydrogens (tertiary/aromatic N) is 4.